The van der Waals surface area contributed by atoms with E-state index in [2.05, 4.69) is 15.9 Å². The molecule has 0 fully saturated rings. The van der Waals surface area contributed by atoms with Gasteiger partial charge in [-0.05, 0) is 26.0 Å². The van der Waals surface area contributed by atoms with Crippen molar-refractivity contribution in [3.05, 3.63) is 34.1 Å². The predicted molar refractivity (Wildman–Crippen MR) is 58.6 cm³/mol. The van der Waals surface area contributed by atoms with Crippen LogP contribution in [0, 0.1) is 5.82 Å². The molecule has 0 bridgehead atoms. The van der Waals surface area contributed by atoms with E-state index in [-0.39, 0.29) is 18.2 Å². The molecule has 0 saturated carbocycles. The van der Waals surface area contributed by atoms with Crippen molar-refractivity contribution in [2.75, 3.05) is 0 Å². The number of hydrogen-bond donors (Lipinski definition) is 1. The summed E-state index contributed by atoms with van der Waals surface area (Å²) in [6.45, 7) is 3.55. The molecule has 0 saturated heterocycles. The van der Waals surface area contributed by atoms with E-state index in [1.54, 1.807) is 26.0 Å². The molecule has 0 heterocycles. The molecule has 13 heavy (non-hydrogen) atoms. The maximum atomic E-state index is 13.2. The fraction of sp³-hybridized carbons (Fsp3) is 0.333. The molecule has 0 aromatic heterocycles. The maximum Gasteiger partial charge on any atom is 0.129 e. The summed E-state index contributed by atoms with van der Waals surface area (Å²) in [7, 11) is 0. The number of rotatable bonds is 1. The topological polar surface area (TPSA) is 26.0 Å². The lowest BCUT2D eigenvalue weighted by Gasteiger charge is -2.19. The van der Waals surface area contributed by atoms with Crippen LogP contribution in [0.3, 0.4) is 0 Å². The second-order valence-electron chi connectivity index (χ2n) is 3.35. The van der Waals surface area contributed by atoms with Crippen molar-refractivity contribution in [2.24, 2.45) is 5.73 Å². The van der Waals surface area contributed by atoms with Gasteiger partial charge in [-0.25, -0.2) is 4.39 Å². The van der Waals surface area contributed by atoms with Crippen LogP contribution in [0.5, 0.6) is 0 Å². The fourth-order valence-electron chi connectivity index (χ4n) is 1.01. The summed E-state index contributed by atoms with van der Waals surface area (Å²) >= 11 is 3.18. The summed E-state index contributed by atoms with van der Waals surface area (Å²) in [4.78, 5) is 0. The SMILES string of the molecule is CC(C)(N)c1ccc(Br)cc1F.Cl. The molecule has 0 aliphatic heterocycles. The first kappa shape index (κ1) is 12.9. The van der Waals surface area contributed by atoms with E-state index in [1.807, 2.05) is 0 Å². The third-order valence-electron chi connectivity index (χ3n) is 1.63. The average molecular weight is 269 g/mol. The number of halogens is 3. The molecule has 1 aromatic rings. The number of benzene rings is 1. The maximum absolute atomic E-state index is 13.2. The Kier molecular flexibility index (Phi) is 4.36. The summed E-state index contributed by atoms with van der Waals surface area (Å²) in [5.74, 6) is -0.267. The molecule has 1 aromatic carbocycles. The van der Waals surface area contributed by atoms with Crippen LogP contribution >= 0.6 is 28.3 Å². The average Bonchev–Trinajstić information content (AvgIpc) is 1.83. The van der Waals surface area contributed by atoms with E-state index in [9.17, 15) is 4.39 Å². The Bertz CT molecular complexity index is 296. The van der Waals surface area contributed by atoms with E-state index in [0.717, 1.165) is 4.47 Å². The zero-order valence-corrected chi connectivity index (χ0v) is 9.88. The lowest BCUT2D eigenvalue weighted by atomic mass is 9.95. The molecular formula is C9H12BrClFN. The lowest BCUT2D eigenvalue weighted by molar-refractivity contribution is 0.501. The van der Waals surface area contributed by atoms with Gasteiger partial charge in [-0.2, -0.15) is 0 Å². The van der Waals surface area contributed by atoms with Gasteiger partial charge < -0.3 is 5.73 Å². The van der Waals surface area contributed by atoms with Gasteiger partial charge in [0, 0.05) is 15.6 Å². The van der Waals surface area contributed by atoms with Crippen LogP contribution in [-0.2, 0) is 5.54 Å². The molecule has 0 aliphatic rings. The zero-order chi connectivity index (χ0) is 9.35. The first-order valence-electron chi connectivity index (χ1n) is 3.65. The standard InChI is InChI=1S/C9H11BrFN.ClH/c1-9(2,12)7-4-3-6(10)5-8(7)11;/h3-5H,12H2,1-2H3;1H. The predicted octanol–water partition coefficient (Wildman–Crippen LogP) is 3.20. The minimum atomic E-state index is -0.620. The third kappa shape index (κ3) is 3.25. The molecular weight excluding hydrogens is 256 g/mol. The van der Waals surface area contributed by atoms with E-state index in [0.29, 0.717) is 5.56 Å². The van der Waals surface area contributed by atoms with Gasteiger partial charge in [-0.3, -0.25) is 0 Å². The summed E-state index contributed by atoms with van der Waals surface area (Å²) in [5.41, 5.74) is 5.67. The quantitative estimate of drug-likeness (QED) is 0.831. The number of nitrogens with two attached hydrogens (primary N) is 1. The van der Waals surface area contributed by atoms with Gasteiger partial charge in [0.1, 0.15) is 5.82 Å². The molecule has 0 radical (unpaired) electrons. The van der Waals surface area contributed by atoms with Crippen molar-refractivity contribution >= 4 is 28.3 Å². The van der Waals surface area contributed by atoms with E-state index in [4.69, 9.17) is 5.73 Å². The zero-order valence-electron chi connectivity index (χ0n) is 7.47. The molecule has 0 atom stereocenters. The van der Waals surface area contributed by atoms with E-state index < -0.39 is 5.54 Å². The third-order valence-corrected chi connectivity index (χ3v) is 2.12. The van der Waals surface area contributed by atoms with Gasteiger partial charge in [0.05, 0.1) is 0 Å². The second-order valence-corrected chi connectivity index (χ2v) is 4.26. The molecule has 0 unspecified atom stereocenters. The highest BCUT2D eigenvalue weighted by Gasteiger charge is 2.18. The Morgan fingerprint density at radius 1 is 1.38 bits per heavy atom. The van der Waals surface area contributed by atoms with Crippen LogP contribution in [-0.4, -0.2) is 0 Å². The van der Waals surface area contributed by atoms with Crippen LogP contribution < -0.4 is 5.73 Å². The Labute approximate surface area is 92.1 Å². The van der Waals surface area contributed by atoms with Crippen molar-refractivity contribution in [2.45, 2.75) is 19.4 Å². The van der Waals surface area contributed by atoms with Gasteiger partial charge in [-0.15, -0.1) is 12.4 Å². The highest BCUT2D eigenvalue weighted by molar-refractivity contribution is 9.10. The van der Waals surface area contributed by atoms with Gasteiger partial charge in [-0.1, -0.05) is 22.0 Å². The smallest absolute Gasteiger partial charge is 0.129 e. The van der Waals surface area contributed by atoms with Crippen molar-refractivity contribution in [1.29, 1.82) is 0 Å². The van der Waals surface area contributed by atoms with Gasteiger partial charge in [0.25, 0.3) is 0 Å². The Hall–Kier alpha value is -0.120. The molecule has 0 amide bonds. The van der Waals surface area contributed by atoms with Crippen LogP contribution in [0.15, 0.2) is 22.7 Å². The Morgan fingerprint density at radius 2 is 1.92 bits per heavy atom. The van der Waals surface area contributed by atoms with Gasteiger partial charge >= 0.3 is 0 Å². The van der Waals surface area contributed by atoms with Crippen molar-refractivity contribution in [3.8, 4) is 0 Å². The fourth-order valence-corrected chi connectivity index (χ4v) is 1.35. The van der Waals surface area contributed by atoms with Gasteiger partial charge in [0.15, 0.2) is 0 Å². The molecule has 0 aliphatic carbocycles. The van der Waals surface area contributed by atoms with Crippen LogP contribution in [0.2, 0.25) is 0 Å². The van der Waals surface area contributed by atoms with E-state index in [1.165, 1.54) is 6.07 Å². The molecule has 0 spiro atoms. The molecule has 1 nitrogen and oxygen atoms in total. The molecule has 1 rings (SSSR count). The molecule has 4 heteroatoms. The Balaban J connectivity index is 0.00000144. The first-order valence-corrected chi connectivity index (χ1v) is 4.45. The van der Waals surface area contributed by atoms with Crippen molar-refractivity contribution < 1.29 is 4.39 Å². The van der Waals surface area contributed by atoms with Crippen molar-refractivity contribution in [3.63, 3.8) is 0 Å². The highest BCUT2D eigenvalue weighted by atomic mass is 79.9. The molecule has 74 valence electrons. The van der Waals surface area contributed by atoms with Crippen LogP contribution in [0.4, 0.5) is 4.39 Å². The lowest BCUT2D eigenvalue weighted by Crippen LogP contribution is -2.29. The van der Waals surface area contributed by atoms with Crippen LogP contribution in [0.1, 0.15) is 19.4 Å². The summed E-state index contributed by atoms with van der Waals surface area (Å²) in [6, 6.07) is 4.90. The largest absolute Gasteiger partial charge is 0.322 e. The second kappa shape index (κ2) is 4.40. The van der Waals surface area contributed by atoms with Crippen molar-refractivity contribution in [1.82, 2.24) is 0 Å². The first-order chi connectivity index (χ1) is 5.41. The van der Waals surface area contributed by atoms with E-state index >= 15 is 0 Å². The monoisotopic (exact) mass is 267 g/mol. The van der Waals surface area contributed by atoms with Gasteiger partial charge in [0.2, 0.25) is 0 Å². The molecule has 2 N–H and O–H groups in total. The highest BCUT2D eigenvalue weighted by Crippen LogP contribution is 2.23. The normalized spacial score (nSPS) is 10.8. The summed E-state index contributed by atoms with van der Waals surface area (Å²) in [5, 5.41) is 0. The van der Waals surface area contributed by atoms with Crippen LogP contribution in [0.25, 0.3) is 0 Å². The number of hydrogen-bond acceptors (Lipinski definition) is 1. The Morgan fingerprint density at radius 3 is 2.31 bits per heavy atom. The summed E-state index contributed by atoms with van der Waals surface area (Å²) < 4.78 is 14.0. The minimum absolute atomic E-state index is 0. The minimum Gasteiger partial charge on any atom is -0.322 e. The summed E-state index contributed by atoms with van der Waals surface area (Å²) in [6.07, 6.45) is 0.